The first-order chi connectivity index (χ1) is 10.2. The highest BCUT2D eigenvalue weighted by Crippen LogP contribution is 2.03. The van der Waals surface area contributed by atoms with Crippen LogP contribution < -0.4 is 10.6 Å². The maximum absolute atomic E-state index is 4.22. The van der Waals surface area contributed by atoms with E-state index in [2.05, 4.69) is 63.9 Å². The third-order valence-corrected chi connectivity index (χ3v) is 3.22. The summed E-state index contributed by atoms with van der Waals surface area (Å²) in [5, 5.41) is 14.5. The van der Waals surface area contributed by atoms with Crippen molar-refractivity contribution in [3.8, 4) is 0 Å². The Hall–Kier alpha value is -2.37. The van der Waals surface area contributed by atoms with Crippen molar-refractivity contribution in [1.82, 2.24) is 25.4 Å². The molecule has 112 valence electrons. The minimum atomic E-state index is 0.599. The largest absolute Gasteiger partial charge is 0.352 e. The van der Waals surface area contributed by atoms with Gasteiger partial charge in [-0.3, -0.25) is 4.99 Å². The quantitative estimate of drug-likeness (QED) is 0.645. The average molecular weight is 286 g/mol. The molecule has 0 fully saturated rings. The first-order valence-corrected chi connectivity index (χ1v) is 7.09. The van der Waals surface area contributed by atoms with Gasteiger partial charge in [0, 0.05) is 20.1 Å². The van der Waals surface area contributed by atoms with Gasteiger partial charge in [0.15, 0.2) is 11.8 Å². The normalized spacial score (nSPS) is 11.5. The Balaban J connectivity index is 1.86. The number of nitrogens with zero attached hydrogens (tertiary/aromatic N) is 4. The SMILES string of the molecule is CCn1cnnc1CNC(=NC)NCc1cccc(C)c1. The Morgan fingerprint density at radius 2 is 2.10 bits per heavy atom. The Labute approximate surface area is 125 Å². The van der Waals surface area contributed by atoms with E-state index in [-0.39, 0.29) is 0 Å². The fourth-order valence-corrected chi connectivity index (χ4v) is 2.07. The van der Waals surface area contributed by atoms with Crippen LogP contribution in [0.15, 0.2) is 35.6 Å². The highest BCUT2D eigenvalue weighted by Gasteiger charge is 2.04. The van der Waals surface area contributed by atoms with Gasteiger partial charge in [-0.15, -0.1) is 10.2 Å². The summed E-state index contributed by atoms with van der Waals surface area (Å²) >= 11 is 0. The fraction of sp³-hybridized carbons (Fsp3) is 0.400. The van der Waals surface area contributed by atoms with E-state index in [0.717, 1.165) is 24.9 Å². The zero-order valence-electron chi connectivity index (χ0n) is 12.8. The van der Waals surface area contributed by atoms with Crippen molar-refractivity contribution in [2.45, 2.75) is 33.5 Å². The van der Waals surface area contributed by atoms with Gasteiger partial charge in [0.05, 0.1) is 6.54 Å². The zero-order chi connectivity index (χ0) is 15.1. The summed E-state index contributed by atoms with van der Waals surface area (Å²) in [6.45, 7) is 6.36. The van der Waals surface area contributed by atoms with Crippen molar-refractivity contribution < 1.29 is 0 Å². The highest BCUT2D eigenvalue weighted by atomic mass is 15.3. The van der Waals surface area contributed by atoms with Crippen molar-refractivity contribution >= 4 is 5.96 Å². The van der Waals surface area contributed by atoms with Crippen LogP contribution in [0, 0.1) is 6.92 Å². The molecule has 0 saturated heterocycles. The minimum absolute atomic E-state index is 0.599. The third kappa shape index (κ3) is 4.30. The van der Waals surface area contributed by atoms with Crippen molar-refractivity contribution in [2.75, 3.05) is 7.05 Å². The number of aliphatic imine (C=N–C) groups is 1. The fourth-order valence-electron chi connectivity index (χ4n) is 2.07. The molecule has 0 spiro atoms. The molecule has 21 heavy (non-hydrogen) atoms. The van der Waals surface area contributed by atoms with Crippen molar-refractivity contribution in [3.05, 3.63) is 47.5 Å². The lowest BCUT2D eigenvalue weighted by molar-refractivity contribution is 0.670. The lowest BCUT2D eigenvalue weighted by atomic mass is 10.1. The van der Waals surface area contributed by atoms with Crippen LogP contribution in [0.1, 0.15) is 23.9 Å². The van der Waals surface area contributed by atoms with Crippen molar-refractivity contribution in [1.29, 1.82) is 0 Å². The van der Waals surface area contributed by atoms with E-state index in [1.165, 1.54) is 11.1 Å². The van der Waals surface area contributed by atoms with Gasteiger partial charge < -0.3 is 15.2 Å². The predicted octanol–water partition coefficient (Wildman–Crippen LogP) is 1.47. The van der Waals surface area contributed by atoms with Crippen LogP contribution in [0.4, 0.5) is 0 Å². The van der Waals surface area contributed by atoms with Gasteiger partial charge in [0.1, 0.15) is 6.33 Å². The van der Waals surface area contributed by atoms with Crippen molar-refractivity contribution in [2.24, 2.45) is 4.99 Å². The van der Waals surface area contributed by atoms with Gasteiger partial charge in [-0.2, -0.15) is 0 Å². The number of hydrogen-bond donors (Lipinski definition) is 2. The molecule has 0 amide bonds. The molecule has 6 heteroatoms. The van der Waals surface area contributed by atoms with E-state index in [9.17, 15) is 0 Å². The summed E-state index contributed by atoms with van der Waals surface area (Å²) < 4.78 is 2.00. The van der Waals surface area contributed by atoms with Gasteiger partial charge in [-0.05, 0) is 19.4 Å². The van der Waals surface area contributed by atoms with Gasteiger partial charge in [0.2, 0.25) is 0 Å². The molecule has 0 aliphatic heterocycles. The molecule has 2 N–H and O–H groups in total. The second-order valence-electron chi connectivity index (χ2n) is 4.80. The lowest BCUT2D eigenvalue weighted by Gasteiger charge is -2.12. The monoisotopic (exact) mass is 286 g/mol. The second kappa shape index (κ2) is 7.42. The molecule has 1 aromatic heterocycles. The molecule has 0 unspecified atom stereocenters. The van der Waals surface area contributed by atoms with Crippen LogP contribution in [0.25, 0.3) is 0 Å². The highest BCUT2D eigenvalue weighted by molar-refractivity contribution is 5.79. The van der Waals surface area contributed by atoms with Crippen LogP contribution in [-0.4, -0.2) is 27.8 Å². The van der Waals surface area contributed by atoms with Crippen LogP contribution in [0.2, 0.25) is 0 Å². The molecule has 0 aliphatic rings. The maximum atomic E-state index is 4.22. The Kier molecular flexibility index (Phi) is 5.31. The summed E-state index contributed by atoms with van der Waals surface area (Å²) in [6, 6.07) is 8.41. The lowest BCUT2D eigenvalue weighted by Crippen LogP contribution is -2.37. The molecule has 0 radical (unpaired) electrons. The van der Waals surface area contributed by atoms with E-state index in [4.69, 9.17) is 0 Å². The van der Waals surface area contributed by atoms with Crippen LogP contribution in [0.5, 0.6) is 0 Å². The summed E-state index contributed by atoms with van der Waals surface area (Å²) in [4.78, 5) is 4.22. The Morgan fingerprint density at radius 1 is 1.29 bits per heavy atom. The van der Waals surface area contributed by atoms with Gasteiger partial charge >= 0.3 is 0 Å². The van der Waals surface area contributed by atoms with Crippen LogP contribution in [0.3, 0.4) is 0 Å². The molecular formula is C15H22N6. The smallest absolute Gasteiger partial charge is 0.191 e. The number of nitrogens with one attached hydrogen (secondary N) is 2. The summed E-state index contributed by atoms with van der Waals surface area (Å²) in [7, 11) is 1.76. The predicted molar refractivity (Wildman–Crippen MR) is 83.9 cm³/mol. The van der Waals surface area contributed by atoms with Gasteiger partial charge in [-0.1, -0.05) is 29.8 Å². The molecule has 0 atom stereocenters. The topological polar surface area (TPSA) is 67.1 Å². The number of aromatic nitrogens is 3. The standard InChI is InChI=1S/C15H22N6/c1-4-21-11-19-20-14(21)10-18-15(16-3)17-9-13-7-5-6-12(2)8-13/h5-8,11H,4,9-10H2,1-3H3,(H2,16,17,18). The molecule has 0 saturated carbocycles. The minimum Gasteiger partial charge on any atom is -0.352 e. The van der Waals surface area contributed by atoms with E-state index in [1.54, 1.807) is 13.4 Å². The molecule has 6 nitrogen and oxygen atoms in total. The van der Waals surface area contributed by atoms with E-state index in [1.807, 2.05) is 4.57 Å². The molecule has 0 bridgehead atoms. The average Bonchev–Trinajstić information content (AvgIpc) is 2.95. The van der Waals surface area contributed by atoms with Crippen LogP contribution in [-0.2, 0) is 19.6 Å². The van der Waals surface area contributed by atoms with E-state index >= 15 is 0 Å². The van der Waals surface area contributed by atoms with E-state index < -0.39 is 0 Å². The Morgan fingerprint density at radius 3 is 2.81 bits per heavy atom. The summed E-state index contributed by atoms with van der Waals surface area (Å²) in [5.74, 6) is 1.65. The summed E-state index contributed by atoms with van der Waals surface area (Å²) in [6.07, 6.45) is 1.74. The molecule has 1 aromatic carbocycles. The number of rotatable bonds is 5. The number of aryl methyl sites for hydroxylation is 2. The first-order valence-electron chi connectivity index (χ1n) is 7.09. The number of guanidine groups is 1. The van der Waals surface area contributed by atoms with Crippen molar-refractivity contribution in [3.63, 3.8) is 0 Å². The second-order valence-corrected chi connectivity index (χ2v) is 4.80. The first kappa shape index (κ1) is 15.0. The van der Waals surface area contributed by atoms with E-state index in [0.29, 0.717) is 6.54 Å². The summed E-state index contributed by atoms with van der Waals surface area (Å²) in [5.41, 5.74) is 2.49. The number of benzene rings is 1. The van der Waals surface area contributed by atoms with Gasteiger partial charge in [0.25, 0.3) is 0 Å². The zero-order valence-corrected chi connectivity index (χ0v) is 12.8. The molecular weight excluding hydrogens is 264 g/mol. The Bertz CT molecular complexity index is 602. The molecule has 2 rings (SSSR count). The maximum Gasteiger partial charge on any atom is 0.191 e. The van der Waals surface area contributed by atoms with Crippen LogP contribution >= 0.6 is 0 Å². The molecule has 1 heterocycles. The van der Waals surface area contributed by atoms with Gasteiger partial charge in [-0.25, -0.2) is 0 Å². The molecule has 2 aromatic rings. The number of hydrogen-bond acceptors (Lipinski definition) is 3. The molecule has 0 aliphatic carbocycles. The third-order valence-electron chi connectivity index (χ3n) is 3.22.